The van der Waals surface area contributed by atoms with Crippen molar-refractivity contribution in [2.24, 2.45) is 0 Å². The second-order valence-electron chi connectivity index (χ2n) is 19.0. The second-order valence-corrected chi connectivity index (χ2v) is 19.0. The number of aliphatic hydroxyl groups excluding tert-OH is 5. The lowest BCUT2D eigenvalue weighted by molar-refractivity contribution is -0.305. The largest absolute Gasteiger partial charge is 0.454 e. The van der Waals surface area contributed by atoms with Gasteiger partial charge in [-0.25, -0.2) is 0 Å². The molecule has 1 fully saturated rings. The number of carbonyl (C=O) groups excluding carboxylic acids is 2. The molecule has 0 aliphatic carbocycles. The van der Waals surface area contributed by atoms with E-state index in [0.717, 1.165) is 89.9 Å². The summed E-state index contributed by atoms with van der Waals surface area (Å²) in [6, 6.07) is -1.06. The molecule has 406 valence electrons. The smallest absolute Gasteiger partial charge is 0.306 e. The molecule has 0 saturated carbocycles. The number of nitrogens with one attached hydrogen (secondary N) is 1. The van der Waals surface area contributed by atoms with Crippen LogP contribution >= 0.6 is 0 Å². The molecule has 0 aromatic carbocycles. The van der Waals surface area contributed by atoms with Crippen molar-refractivity contribution >= 4 is 11.9 Å². The van der Waals surface area contributed by atoms with Crippen LogP contribution in [-0.4, -0.2) is 99.6 Å². The van der Waals surface area contributed by atoms with Crippen LogP contribution in [0, 0.1) is 0 Å². The average Bonchev–Trinajstić information content (AvgIpc) is 3.37. The lowest BCUT2D eigenvalue weighted by Gasteiger charge is -2.41. The van der Waals surface area contributed by atoms with E-state index in [0.29, 0.717) is 12.8 Å². The predicted molar refractivity (Wildman–Crippen MR) is 292 cm³/mol. The number of carbonyl (C=O) groups is 2. The Balaban J connectivity index is 2.82. The van der Waals surface area contributed by atoms with Gasteiger partial charge in [0.05, 0.1) is 25.4 Å². The molecule has 8 atom stereocenters. The Morgan fingerprint density at radius 2 is 1.07 bits per heavy atom. The van der Waals surface area contributed by atoms with E-state index in [9.17, 15) is 35.1 Å². The van der Waals surface area contributed by atoms with Crippen molar-refractivity contribution < 1.29 is 49.3 Å². The summed E-state index contributed by atoms with van der Waals surface area (Å²) in [5.74, 6) is -1.28. The third kappa shape index (κ3) is 36.2. The van der Waals surface area contributed by atoms with Gasteiger partial charge in [-0.1, -0.05) is 214 Å². The number of ether oxygens (including phenoxy) is 3. The minimum Gasteiger partial charge on any atom is -0.454 e. The third-order valence-electron chi connectivity index (χ3n) is 12.5. The number of amides is 1. The zero-order chi connectivity index (χ0) is 51.8. The van der Waals surface area contributed by atoms with Crippen molar-refractivity contribution in [3.8, 4) is 0 Å². The van der Waals surface area contributed by atoms with E-state index in [1.807, 2.05) is 42.5 Å². The van der Waals surface area contributed by atoms with Crippen molar-refractivity contribution in [2.75, 3.05) is 13.2 Å². The zero-order valence-corrected chi connectivity index (χ0v) is 44.6. The molecular weight excluding hydrogens is 895 g/mol. The fourth-order valence-electron chi connectivity index (χ4n) is 8.05. The number of esters is 1. The summed E-state index contributed by atoms with van der Waals surface area (Å²) >= 11 is 0. The lowest BCUT2D eigenvalue weighted by atomic mass is 9.99. The molecule has 1 heterocycles. The van der Waals surface area contributed by atoms with E-state index in [2.05, 4.69) is 74.7 Å². The van der Waals surface area contributed by atoms with Gasteiger partial charge in [-0.05, 0) is 83.5 Å². The summed E-state index contributed by atoms with van der Waals surface area (Å²) in [4.78, 5) is 26.4. The average molecular weight is 996 g/mol. The summed E-state index contributed by atoms with van der Waals surface area (Å²) in [6.45, 7) is 5.55. The van der Waals surface area contributed by atoms with Crippen LogP contribution < -0.4 is 5.32 Å². The summed E-state index contributed by atoms with van der Waals surface area (Å²) < 4.78 is 17.5. The van der Waals surface area contributed by atoms with Gasteiger partial charge in [0.2, 0.25) is 5.91 Å². The van der Waals surface area contributed by atoms with Gasteiger partial charge in [0.1, 0.15) is 24.4 Å². The number of hydrogen-bond donors (Lipinski definition) is 6. The van der Waals surface area contributed by atoms with Crippen molar-refractivity contribution in [3.63, 3.8) is 0 Å². The molecule has 6 N–H and O–H groups in total. The van der Waals surface area contributed by atoms with Gasteiger partial charge in [0.15, 0.2) is 12.4 Å². The van der Waals surface area contributed by atoms with Crippen LogP contribution in [-0.2, 0) is 23.8 Å². The Kier molecular flexibility index (Phi) is 44.0. The Morgan fingerprint density at radius 3 is 1.66 bits per heavy atom. The van der Waals surface area contributed by atoms with Gasteiger partial charge in [-0.15, -0.1) is 0 Å². The van der Waals surface area contributed by atoms with E-state index in [1.165, 1.54) is 70.6 Å². The van der Waals surface area contributed by atoms with Gasteiger partial charge in [-0.3, -0.25) is 9.59 Å². The highest BCUT2D eigenvalue weighted by molar-refractivity contribution is 5.80. The Labute approximate surface area is 431 Å². The Hall–Kier alpha value is -3.42. The summed E-state index contributed by atoms with van der Waals surface area (Å²) in [5.41, 5.74) is 0. The molecular formula is C60H101NO10. The van der Waals surface area contributed by atoms with Gasteiger partial charge in [0, 0.05) is 6.42 Å². The zero-order valence-electron chi connectivity index (χ0n) is 44.6. The molecule has 0 aromatic heterocycles. The Morgan fingerprint density at radius 1 is 0.577 bits per heavy atom. The van der Waals surface area contributed by atoms with Crippen molar-refractivity contribution in [2.45, 2.75) is 256 Å². The molecule has 1 rings (SSSR count). The van der Waals surface area contributed by atoms with Crippen LogP contribution in [0.25, 0.3) is 0 Å². The lowest BCUT2D eigenvalue weighted by Crippen LogP contribution is -2.61. The van der Waals surface area contributed by atoms with Crippen molar-refractivity contribution in [1.82, 2.24) is 5.32 Å². The van der Waals surface area contributed by atoms with E-state index >= 15 is 0 Å². The number of allylic oxidation sites excluding steroid dienone is 15. The SMILES string of the molecule is CC/C=C/C=C/C=C\CCCCCCCC(=O)OC1C(OCC(NC(=O)C(O)CC/C=C\C/C=C\C/C=C\C/C=C\CCCCC)C(O)/C=C/CCCCCCCCCCCCC)OC(CO)C(O)C1O. The molecule has 1 amide bonds. The van der Waals surface area contributed by atoms with Gasteiger partial charge < -0.3 is 45.1 Å². The number of aliphatic hydroxyl groups is 5. The summed E-state index contributed by atoms with van der Waals surface area (Å²) in [7, 11) is 0. The van der Waals surface area contributed by atoms with Gasteiger partial charge in [-0.2, -0.15) is 0 Å². The second kappa shape index (κ2) is 47.6. The van der Waals surface area contributed by atoms with E-state index in [4.69, 9.17) is 14.2 Å². The van der Waals surface area contributed by atoms with Crippen LogP contribution in [0.5, 0.6) is 0 Å². The highest BCUT2D eigenvalue weighted by Gasteiger charge is 2.47. The monoisotopic (exact) mass is 996 g/mol. The van der Waals surface area contributed by atoms with Crippen molar-refractivity contribution in [3.05, 3.63) is 97.2 Å². The number of hydrogen-bond acceptors (Lipinski definition) is 10. The number of rotatable bonds is 45. The molecule has 11 nitrogen and oxygen atoms in total. The first-order valence-electron chi connectivity index (χ1n) is 28.0. The maximum atomic E-state index is 13.3. The topological polar surface area (TPSA) is 175 Å². The van der Waals surface area contributed by atoms with E-state index in [-0.39, 0.29) is 19.4 Å². The van der Waals surface area contributed by atoms with Gasteiger partial charge >= 0.3 is 5.97 Å². The fraction of sp³-hybridized carbons (Fsp3) is 0.700. The van der Waals surface area contributed by atoms with Crippen LogP contribution in [0.3, 0.4) is 0 Å². The van der Waals surface area contributed by atoms with Gasteiger partial charge in [0.25, 0.3) is 0 Å². The van der Waals surface area contributed by atoms with Crippen LogP contribution in [0.2, 0.25) is 0 Å². The summed E-state index contributed by atoms with van der Waals surface area (Å²) in [5, 5.41) is 56.7. The van der Waals surface area contributed by atoms with Crippen LogP contribution in [0.4, 0.5) is 0 Å². The first kappa shape index (κ1) is 65.6. The molecule has 8 unspecified atom stereocenters. The maximum absolute atomic E-state index is 13.3. The highest BCUT2D eigenvalue weighted by Crippen LogP contribution is 2.26. The van der Waals surface area contributed by atoms with Crippen LogP contribution in [0.15, 0.2) is 97.2 Å². The first-order valence-corrected chi connectivity index (χ1v) is 28.0. The van der Waals surface area contributed by atoms with Crippen LogP contribution in [0.1, 0.15) is 207 Å². The normalized spacial score (nSPS) is 20.4. The minimum absolute atomic E-state index is 0.0890. The molecule has 71 heavy (non-hydrogen) atoms. The van der Waals surface area contributed by atoms with E-state index < -0.39 is 67.4 Å². The molecule has 0 radical (unpaired) electrons. The summed E-state index contributed by atoms with van der Waals surface area (Å²) in [6.07, 6.45) is 51.7. The standard InChI is InChI=1S/C60H101NO10/c1-4-7-10-13-16-19-22-25-26-27-30-32-35-38-41-44-47-53(64)59(68)61-51(52(63)46-43-40-37-34-31-28-23-20-17-14-11-8-5-2)50-69-60-58(57(67)56(66)54(49-62)70-60)71-55(65)48-45-42-39-36-33-29-24-21-18-15-12-9-6-3/h9,12,15-16,18-19,21,24-26,30,32,38,41,43,46,51-54,56-58,60,62-64,66-67H,4-8,10-11,13-14,17,20,22-23,27-29,31,33-37,39-40,42,44-45,47-50H2,1-3H3,(H,61,68)/b12-9+,18-15+,19-16-,24-21-,26-25-,32-30-,41-38-,46-43+. The fourth-order valence-corrected chi connectivity index (χ4v) is 8.05. The van der Waals surface area contributed by atoms with Crippen molar-refractivity contribution in [1.29, 1.82) is 0 Å². The molecule has 1 saturated heterocycles. The molecule has 0 bridgehead atoms. The molecule has 1 aliphatic heterocycles. The molecule has 1 aliphatic rings. The molecule has 0 aromatic rings. The highest BCUT2D eigenvalue weighted by atomic mass is 16.7. The first-order chi connectivity index (χ1) is 34.7. The minimum atomic E-state index is -1.64. The predicted octanol–water partition coefficient (Wildman–Crippen LogP) is 12.4. The van der Waals surface area contributed by atoms with E-state index in [1.54, 1.807) is 6.08 Å². The number of unbranched alkanes of at least 4 members (excludes halogenated alkanes) is 19. The maximum Gasteiger partial charge on any atom is 0.306 e. The molecule has 11 heteroatoms. The Bertz CT molecular complexity index is 1520. The quantitative estimate of drug-likeness (QED) is 0.0149. The molecule has 0 spiro atoms. The third-order valence-corrected chi connectivity index (χ3v) is 12.5.